The van der Waals surface area contributed by atoms with Crippen LogP contribution in [-0.2, 0) is 6.18 Å². The summed E-state index contributed by atoms with van der Waals surface area (Å²) in [5.74, 6) is 0. The maximum Gasteiger partial charge on any atom is 0.418 e. The molecule has 0 amide bonds. The van der Waals surface area contributed by atoms with Crippen LogP contribution in [0.15, 0.2) is 18.2 Å². The Labute approximate surface area is 131 Å². The minimum Gasteiger partial charge on any atom is -0.369 e. The van der Waals surface area contributed by atoms with Crippen LogP contribution >= 0.6 is 0 Å². The lowest BCUT2D eigenvalue weighted by molar-refractivity contribution is -0.385. The second-order valence-corrected chi connectivity index (χ2v) is 6.09. The van der Waals surface area contributed by atoms with Gasteiger partial charge in [-0.15, -0.1) is 0 Å². The van der Waals surface area contributed by atoms with Crippen LogP contribution in [0.5, 0.6) is 0 Å². The van der Waals surface area contributed by atoms with Crippen molar-refractivity contribution in [3.8, 4) is 0 Å². The Morgan fingerprint density at radius 3 is 2.48 bits per heavy atom. The molecule has 1 unspecified atom stereocenters. The lowest BCUT2D eigenvalue weighted by Crippen LogP contribution is -2.35. The molecule has 1 aromatic rings. The summed E-state index contributed by atoms with van der Waals surface area (Å²) in [6.45, 7) is 3.10. The van der Waals surface area contributed by atoms with Gasteiger partial charge in [-0.25, -0.2) is 0 Å². The normalized spacial score (nSPS) is 22.7. The molecule has 5 nitrogen and oxygen atoms in total. The van der Waals surface area contributed by atoms with Crippen LogP contribution < -0.4 is 4.90 Å². The lowest BCUT2D eigenvalue weighted by atomic mass is 10.1. The molecule has 1 aromatic carbocycles. The van der Waals surface area contributed by atoms with E-state index in [-0.39, 0.29) is 11.7 Å². The van der Waals surface area contributed by atoms with Crippen molar-refractivity contribution in [1.82, 2.24) is 4.90 Å². The van der Waals surface area contributed by atoms with Crippen molar-refractivity contribution in [3.63, 3.8) is 0 Å². The van der Waals surface area contributed by atoms with Crippen LogP contribution in [0.3, 0.4) is 0 Å². The SMILES string of the molecule is O=[N+]([O-])c1ccc(N2CCC(N3CCCC3)C2)c(C(F)(F)F)c1. The first-order valence-corrected chi connectivity index (χ1v) is 7.71. The standard InChI is InChI=1S/C15H18F3N3O2/c16-15(17,18)13-9-11(21(22)23)3-4-14(13)20-8-5-12(10-20)19-6-1-2-7-19/h3-4,9,12H,1-2,5-8,10H2. The van der Waals surface area contributed by atoms with Crippen molar-refractivity contribution in [2.45, 2.75) is 31.5 Å². The van der Waals surface area contributed by atoms with E-state index < -0.39 is 22.4 Å². The number of hydrogen-bond donors (Lipinski definition) is 0. The van der Waals surface area contributed by atoms with Gasteiger partial charge in [0.25, 0.3) is 5.69 Å². The second kappa shape index (κ2) is 5.99. The number of benzene rings is 1. The van der Waals surface area contributed by atoms with Gasteiger partial charge in [0.2, 0.25) is 0 Å². The van der Waals surface area contributed by atoms with Crippen molar-refractivity contribution < 1.29 is 18.1 Å². The Morgan fingerprint density at radius 2 is 1.87 bits per heavy atom. The summed E-state index contributed by atoms with van der Waals surface area (Å²) in [6.07, 6.45) is -1.50. The van der Waals surface area contributed by atoms with Gasteiger partial charge in [-0.2, -0.15) is 13.2 Å². The molecular weight excluding hydrogens is 311 g/mol. The number of non-ortho nitro benzene ring substituents is 1. The van der Waals surface area contributed by atoms with Gasteiger partial charge in [-0.05, 0) is 38.4 Å². The van der Waals surface area contributed by atoms with Crippen molar-refractivity contribution in [1.29, 1.82) is 0 Å². The van der Waals surface area contributed by atoms with Crippen molar-refractivity contribution in [2.24, 2.45) is 0 Å². The van der Waals surface area contributed by atoms with Gasteiger partial charge in [0, 0.05) is 37.0 Å². The van der Waals surface area contributed by atoms with Gasteiger partial charge in [0.15, 0.2) is 0 Å². The second-order valence-electron chi connectivity index (χ2n) is 6.09. The van der Waals surface area contributed by atoms with Crippen LogP contribution in [0.4, 0.5) is 24.5 Å². The van der Waals surface area contributed by atoms with Crippen LogP contribution in [0.2, 0.25) is 0 Å². The Morgan fingerprint density at radius 1 is 1.17 bits per heavy atom. The number of rotatable bonds is 3. The molecule has 23 heavy (non-hydrogen) atoms. The third kappa shape index (κ3) is 3.26. The molecule has 0 spiro atoms. The molecule has 1 atom stereocenters. The molecule has 2 aliphatic rings. The average molecular weight is 329 g/mol. The number of alkyl halides is 3. The van der Waals surface area contributed by atoms with Crippen LogP contribution in [0.25, 0.3) is 0 Å². The Balaban J connectivity index is 1.86. The van der Waals surface area contributed by atoms with Gasteiger partial charge >= 0.3 is 6.18 Å². The van der Waals surface area contributed by atoms with Gasteiger partial charge in [0.05, 0.1) is 10.5 Å². The molecule has 0 bridgehead atoms. The molecular formula is C15H18F3N3O2. The van der Waals surface area contributed by atoms with Crippen LogP contribution in [0.1, 0.15) is 24.8 Å². The predicted molar refractivity (Wildman–Crippen MR) is 79.5 cm³/mol. The van der Waals surface area contributed by atoms with Gasteiger partial charge in [-0.3, -0.25) is 15.0 Å². The molecule has 0 radical (unpaired) electrons. The number of hydrogen-bond acceptors (Lipinski definition) is 4. The third-order valence-electron chi connectivity index (χ3n) is 4.66. The fraction of sp³-hybridized carbons (Fsp3) is 0.600. The van der Waals surface area contributed by atoms with Crippen LogP contribution in [0, 0.1) is 10.1 Å². The van der Waals surface area contributed by atoms with E-state index in [1.807, 2.05) is 0 Å². The molecule has 126 valence electrons. The zero-order chi connectivity index (χ0) is 16.6. The van der Waals surface area contributed by atoms with E-state index in [1.54, 1.807) is 4.90 Å². The predicted octanol–water partition coefficient (Wildman–Crippen LogP) is 3.29. The molecule has 2 aliphatic heterocycles. The maximum absolute atomic E-state index is 13.3. The Bertz CT molecular complexity index is 600. The van der Waals surface area contributed by atoms with E-state index in [9.17, 15) is 23.3 Å². The number of anilines is 1. The fourth-order valence-corrected chi connectivity index (χ4v) is 3.51. The minimum atomic E-state index is -4.60. The van der Waals surface area contributed by atoms with E-state index in [2.05, 4.69) is 4.90 Å². The van der Waals surface area contributed by atoms with Crippen molar-refractivity contribution in [3.05, 3.63) is 33.9 Å². The van der Waals surface area contributed by atoms with Gasteiger partial charge in [0.1, 0.15) is 0 Å². The number of likely N-dealkylation sites (tertiary alicyclic amines) is 1. The summed E-state index contributed by atoms with van der Waals surface area (Å²) in [6, 6.07) is 3.29. The third-order valence-corrected chi connectivity index (χ3v) is 4.66. The maximum atomic E-state index is 13.3. The van der Waals surface area contributed by atoms with Crippen LogP contribution in [-0.4, -0.2) is 42.0 Å². The number of nitro benzene ring substituents is 1. The highest BCUT2D eigenvalue weighted by molar-refractivity contribution is 5.60. The number of nitro groups is 1. The Hall–Kier alpha value is -1.83. The first kappa shape index (κ1) is 16.0. The monoisotopic (exact) mass is 329 g/mol. The first-order chi connectivity index (χ1) is 10.9. The van der Waals surface area contributed by atoms with Gasteiger partial charge in [-0.1, -0.05) is 0 Å². The first-order valence-electron chi connectivity index (χ1n) is 7.71. The van der Waals surface area contributed by atoms with Crippen molar-refractivity contribution in [2.75, 3.05) is 31.1 Å². The molecule has 0 aliphatic carbocycles. The highest BCUT2D eigenvalue weighted by Gasteiger charge is 2.38. The molecule has 0 N–H and O–H groups in total. The van der Waals surface area contributed by atoms with E-state index in [0.29, 0.717) is 19.2 Å². The summed E-state index contributed by atoms with van der Waals surface area (Å²) in [5.41, 5.74) is -1.41. The topological polar surface area (TPSA) is 49.6 Å². The van der Waals surface area contributed by atoms with E-state index in [4.69, 9.17) is 0 Å². The molecule has 0 saturated carbocycles. The fourth-order valence-electron chi connectivity index (χ4n) is 3.51. The molecule has 3 rings (SSSR count). The highest BCUT2D eigenvalue weighted by Crippen LogP contribution is 2.40. The number of nitrogens with zero attached hydrogens (tertiary/aromatic N) is 3. The average Bonchev–Trinajstić information content (AvgIpc) is 3.16. The minimum absolute atomic E-state index is 0.0461. The van der Waals surface area contributed by atoms with Crippen molar-refractivity contribution >= 4 is 11.4 Å². The summed E-state index contributed by atoms with van der Waals surface area (Å²) < 4.78 is 39.9. The quantitative estimate of drug-likeness (QED) is 0.631. The highest BCUT2D eigenvalue weighted by atomic mass is 19.4. The summed E-state index contributed by atoms with van der Waals surface area (Å²) in [5, 5.41) is 10.8. The number of halogens is 3. The molecule has 2 fully saturated rings. The largest absolute Gasteiger partial charge is 0.418 e. The molecule has 2 heterocycles. The van der Waals surface area contributed by atoms with E-state index in [1.165, 1.54) is 6.07 Å². The molecule has 0 aromatic heterocycles. The lowest BCUT2D eigenvalue weighted by Gasteiger charge is -2.26. The smallest absolute Gasteiger partial charge is 0.369 e. The summed E-state index contributed by atoms with van der Waals surface area (Å²) in [4.78, 5) is 14.0. The van der Waals surface area contributed by atoms with Gasteiger partial charge < -0.3 is 4.90 Å². The van der Waals surface area contributed by atoms with E-state index >= 15 is 0 Å². The summed E-state index contributed by atoms with van der Waals surface area (Å²) >= 11 is 0. The molecule has 2 saturated heterocycles. The summed E-state index contributed by atoms with van der Waals surface area (Å²) in [7, 11) is 0. The zero-order valence-corrected chi connectivity index (χ0v) is 12.6. The zero-order valence-electron chi connectivity index (χ0n) is 12.6. The Kier molecular flexibility index (Phi) is 4.18. The van der Waals surface area contributed by atoms with E-state index in [0.717, 1.165) is 38.4 Å². The molecule has 8 heteroatoms.